The summed E-state index contributed by atoms with van der Waals surface area (Å²) in [7, 11) is 0. The molecule has 1 unspecified atom stereocenters. The van der Waals surface area contributed by atoms with Crippen LogP contribution in [0.25, 0.3) is 0 Å². The highest BCUT2D eigenvalue weighted by molar-refractivity contribution is 6.32. The SMILES string of the molecule is CC(C(=O)O)n1nccc1C(=O)Nc1ccc(OC(F)F)c(Cl)c1. The van der Waals surface area contributed by atoms with Gasteiger partial charge in [-0.15, -0.1) is 0 Å². The first-order valence-corrected chi connectivity index (χ1v) is 6.99. The van der Waals surface area contributed by atoms with E-state index in [4.69, 9.17) is 16.7 Å². The molecule has 128 valence electrons. The molecular formula is C14H12ClF2N3O4. The Balaban J connectivity index is 2.17. The normalized spacial score (nSPS) is 12.0. The number of alkyl halides is 2. The van der Waals surface area contributed by atoms with Crippen LogP contribution < -0.4 is 10.1 Å². The lowest BCUT2D eigenvalue weighted by Crippen LogP contribution is -2.24. The van der Waals surface area contributed by atoms with Crippen LogP contribution in [0.15, 0.2) is 30.5 Å². The van der Waals surface area contributed by atoms with Crippen molar-refractivity contribution < 1.29 is 28.2 Å². The van der Waals surface area contributed by atoms with Crippen LogP contribution in [0.1, 0.15) is 23.5 Å². The second-order valence-corrected chi connectivity index (χ2v) is 5.06. The molecule has 0 radical (unpaired) electrons. The van der Waals surface area contributed by atoms with Crippen molar-refractivity contribution in [3.05, 3.63) is 41.2 Å². The molecule has 0 saturated heterocycles. The molecule has 0 bridgehead atoms. The Hall–Kier alpha value is -2.68. The summed E-state index contributed by atoms with van der Waals surface area (Å²) in [6.07, 6.45) is 1.29. The van der Waals surface area contributed by atoms with Crippen molar-refractivity contribution in [2.45, 2.75) is 19.6 Å². The lowest BCUT2D eigenvalue weighted by atomic mass is 10.2. The summed E-state index contributed by atoms with van der Waals surface area (Å²) in [6, 6.07) is 4.05. The van der Waals surface area contributed by atoms with E-state index in [1.807, 2.05) is 0 Å². The summed E-state index contributed by atoms with van der Waals surface area (Å²) in [4.78, 5) is 23.3. The van der Waals surface area contributed by atoms with Gasteiger partial charge in [-0.3, -0.25) is 4.79 Å². The molecule has 0 aliphatic rings. The van der Waals surface area contributed by atoms with Gasteiger partial charge >= 0.3 is 12.6 Å². The van der Waals surface area contributed by atoms with Gasteiger partial charge in [-0.05, 0) is 31.2 Å². The fourth-order valence-corrected chi connectivity index (χ4v) is 2.10. The predicted molar refractivity (Wildman–Crippen MR) is 80.6 cm³/mol. The highest BCUT2D eigenvalue weighted by Crippen LogP contribution is 2.29. The molecule has 0 aliphatic carbocycles. The van der Waals surface area contributed by atoms with Crippen molar-refractivity contribution in [1.29, 1.82) is 0 Å². The van der Waals surface area contributed by atoms with Crippen molar-refractivity contribution in [3.8, 4) is 5.75 Å². The number of nitrogens with zero attached hydrogens (tertiary/aromatic N) is 2. The number of amides is 1. The monoisotopic (exact) mass is 359 g/mol. The molecule has 1 aromatic carbocycles. The Morgan fingerprint density at radius 3 is 2.67 bits per heavy atom. The molecule has 1 heterocycles. The van der Waals surface area contributed by atoms with E-state index in [2.05, 4.69) is 15.2 Å². The average Bonchev–Trinajstić information content (AvgIpc) is 2.98. The Kier molecular flexibility index (Phi) is 5.35. The molecule has 0 saturated carbocycles. The van der Waals surface area contributed by atoms with Crippen LogP contribution in [0.5, 0.6) is 5.75 Å². The number of carboxylic acid groups (broad SMARTS) is 1. The zero-order chi connectivity index (χ0) is 17.9. The Morgan fingerprint density at radius 1 is 1.38 bits per heavy atom. The third kappa shape index (κ3) is 3.99. The van der Waals surface area contributed by atoms with E-state index in [1.54, 1.807) is 0 Å². The van der Waals surface area contributed by atoms with E-state index >= 15 is 0 Å². The van der Waals surface area contributed by atoms with E-state index < -0.39 is 24.5 Å². The number of carboxylic acids is 1. The molecular weight excluding hydrogens is 348 g/mol. The van der Waals surface area contributed by atoms with Crippen molar-refractivity contribution in [3.63, 3.8) is 0 Å². The number of ether oxygens (including phenoxy) is 1. The fourth-order valence-electron chi connectivity index (χ4n) is 1.87. The Morgan fingerprint density at radius 2 is 2.08 bits per heavy atom. The van der Waals surface area contributed by atoms with E-state index in [0.717, 1.165) is 4.68 Å². The largest absolute Gasteiger partial charge is 0.480 e. The number of hydrogen-bond acceptors (Lipinski definition) is 4. The molecule has 0 spiro atoms. The summed E-state index contributed by atoms with van der Waals surface area (Å²) in [6.45, 7) is -1.64. The molecule has 2 rings (SSSR count). The fraction of sp³-hybridized carbons (Fsp3) is 0.214. The van der Waals surface area contributed by atoms with Gasteiger partial charge in [-0.1, -0.05) is 11.6 Å². The van der Waals surface area contributed by atoms with Crippen LogP contribution >= 0.6 is 11.6 Å². The van der Waals surface area contributed by atoms with Gasteiger partial charge in [0.15, 0.2) is 0 Å². The number of aromatic nitrogens is 2. The quantitative estimate of drug-likeness (QED) is 0.826. The lowest BCUT2D eigenvalue weighted by molar-refractivity contribution is -0.140. The average molecular weight is 360 g/mol. The third-order valence-electron chi connectivity index (χ3n) is 3.03. The van der Waals surface area contributed by atoms with Gasteiger partial charge in [-0.25, -0.2) is 9.48 Å². The zero-order valence-corrected chi connectivity index (χ0v) is 13.0. The smallest absolute Gasteiger partial charge is 0.387 e. The van der Waals surface area contributed by atoms with Crippen molar-refractivity contribution in [2.75, 3.05) is 5.32 Å². The van der Waals surface area contributed by atoms with E-state index in [9.17, 15) is 18.4 Å². The predicted octanol–water partition coefficient (Wildman–Crippen LogP) is 3.04. The van der Waals surface area contributed by atoms with E-state index in [1.165, 1.54) is 37.4 Å². The molecule has 1 atom stereocenters. The maximum atomic E-state index is 12.2. The molecule has 2 N–H and O–H groups in total. The van der Waals surface area contributed by atoms with Gasteiger partial charge in [0.05, 0.1) is 5.02 Å². The van der Waals surface area contributed by atoms with Crippen LogP contribution in [-0.4, -0.2) is 33.4 Å². The standard InChI is InChI=1S/C14H12ClF2N3O4/c1-7(13(22)23)20-10(4-5-18-20)12(21)19-8-2-3-11(9(15)6-8)24-14(16)17/h2-7,14H,1H3,(H,19,21)(H,22,23). The minimum atomic E-state index is -3.02. The lowest BCUT2D eigenvalue weighted by Gasteiger charge is -2.12. The number of nitrogens with one attached hydrogen (secondary N) is 1. The maximum Gasteiger partial charge on any atom is 0.387 e. The summed E-state index contributed by atoms with van der Waals surface area (Å²) >= 11 is 5.80. The van der Waals surface area contributed by atoms with Gasteiger partial charge in [0, 0.05) is 11.9 Å². The number of hydrogen-bond donors (Lipinski definition) is 2. The summed E-state index contributed by atoms with van der Waals surface area (Å²) in [5.74, 6) is -2.00. The van der Waals surface area contributed by atoms with Gasteiger partial charge in [-0.2, -0.15) is 13.9 Å². The topological polar surface area (TPSA) is 93.5 Å². The molecule has 10 heteroatoms. The van der Waals surface area contributed by atoms with Crippen LogP contribution in [0.2, 0.25) is 5.02 Å². The van der Waals surface area contributed by atoms with E-state index in [-0.39, 0.29) is 22.2 Å². The molecule has 1 amide bonds. The van der Waals surface area contributed by atoms with Crippen LogP contribution in [0.4, 0.5) is 14.5 Å². The van der Waals surface area contributed by atoms with Crippen LogP contribution in [0, 0.1) is 0 Å². The number of carbonyl (C=O) groups excluding carboxylic acids is 1. The number of carbonyl (C=O) groups is 2. The molecule has 0 aliphatic heterocycles. The van der Waals surface area contributed by atoms with Gasteiger partial charge < -0.3 is 15.2 Å². The zero-order valence-electron chi connectivity index (χ0n) is 12.2. The van der Waals surface area contributed by atoms with Gasteiger partial charge in [0.1, 0.15) is 17.5 Å². The second-order valence-electron chi connectivity index (χ2n) is 4.65. The van der Waals surface area contributed by atoms with Crippen LogP contribution in [-0.2, 0) is 4.79 Å². The van der Waals surface area contributed by atoms with Gasteiger partial charge in [0.25, 0.3) is 5.91 Å². The first-order valence-electron chi connectivity index (χ1n) is 6.61. The molecule has 24 heavy (non-hydrogen) atoms. The number of rotatable bonds is 6. The summed E-state index contributed by atoms with van der Waals surface area (Å²) in [5.41, 5.74) is 0.247. The Labute approximate surface area is 139 Å². The summed E-state index contributed by atoms with van der Waals surface area (Å²) < 4.78 is 29.6. The minimum absolute atomic E-state index is 0.0222. The first-order chi connectivity index (χ1) is 11.3. The number of aliphatic carboxylic acids is 1. The second kappa shape index (κ2) is 7.26. The van der Waals surface area contributed by atoms with Crippen molar-refractivity contribution in [1.82, 2.24) is 9.78 Å². The third-order valence-corrected chi connectivity index (χ3v) is 3.33. The molecule has 2 aromatic rings. The number of benzene rings is 1. The minimum Gasteiger partial charge on any atom is -0.480 e. The number of halogens is 3. The number of anilines is 1. The summed E-state index contributed by atoms with van der Waals surface area (Å²) in [5, 5.41) is 15.2. The van der Waals surface area contributed by atoms with Crippen molar-refractivity contribution in [2.24, 2.45) is 0 Å². The first kappa shape index (κ1) is 17.7. The highest BCUT2D eigenvalue weighted by atomic mass is 35.5. The molecule has 1 aromatic heterocycles. The highest BCUT2D eigenvalue weighted by Gasteiger charge is 2.21. The van der Waals surface area contributed by atoms with Crippen molar-refractivity contribution >= 4 is 29.2 Å². The maximum absolute atomic E-state index is 12.2. The van der Waals surface area contributed by atoms with Crippen LogP contribution in [0.3, 0.4) is 0 Å². The molecule has 0 fully saturated rings. The van der Waals surface area contributed by atoms with Gasteiger partial charge in [0.2, 0.25) is 0 Å². The Bertz CT molecular complexity index is 766. The molecule has 7 nitrogen and oxygen atoms in total. The van der Waals surface area contributed by atoms with E-state index in [0.29, 0.717) is 0 Å².